The van der Waals surface area contributed by atoms with Crippen LogP contribution in [0.4, 0.5) is 0 Å². The summed E-state index contributed by atoms with van der Waals surface area (Å²) in [6.07, 6.45) is 10.7. The molecule has 4 saturated carbocycles. The maximum absolute atomic E-state index is 12.9. The number of nitrogens with one attached hydrogen (secondary N) is 1. The van der Waals surface area contributed by atoms with Crippen LogP contribution in [0.25, 0.3) is 0 Å². The van der Waals surface area contributed by atoms with Crippen molar-refractivity contribution in [2.24, 2.45) is 11.8 Å². The second-order valence-electron chi connectivity index (χ2n) is 8.43. The Morgan fingerprint density at radius 1 is 1.22 bits per heavy atom. The number of hydrogen-bond donors (Lipinski definition) is 1. The minimum atomic E-state index is 0.122. The zero-order chi connectivity index (χ0) is 15.7. The van der Waals surface area contributed by atoms with Crippen molar-refractivity contribution in [3.05, 3.63) is 29.6 Å². The Balaban J connectivity index is 1.44. The summed E-state index contributed by atoms with van der Waals surface area (Å²) in [5.74, 6) is 1.78. The number of fused-ring (bicyclic) bond motifs is 1. The normalized spacial score (nSPS) is 41.3. The molecule has 0 radical (unpaired) electrons. The van der Waals surface area contributed by atoms with Gasteiger partial charge in [-0.05, 0) is 76.0 Å². The van der Waals surface area contributed by atoms with Crippen LogP contribution in [0.2, 0.25) is 0 Å². The summed E-state index contributed by atoms with van der Waals surface area (Å²) in [4.78, 5) is 19.6. The van der Waals surface area contributed by atoms with Crippen LogP contribution in [-0.2, 0) is 6.54 Å². The van der Waals surface area contributed by atoms with E-state index in [0.717, 1.165) is 29.6 Å². The number of aromatic nitrogens is 1. The fourth-order valence-electron chi connectivity index (χ4n) is 6.18. The Bertz CT molecular complexity index is 666. The summed E-state index contributed by atoms with van der Waals surface area (Å²) in [5, 5.41) is 3.65. The van der Waals surface area contributed by atoms with Gasteiger partial charge in [0, 0.05) is 17.3 Å². The number of carbonyl (C=O) groups excluding carboxylic acids is 1. The Kier molecular flexibility index (Phi) is 2.77. The standard InChI is InChI=1S/C19H25N3O/c1-20-18-5-4-13(7-18)9-19(10-14(8-18)11-19)22-12-16-15(17(22)23)3-2-6-21-16/h2-3,6,13-14,20H,4-5,7-12H2,1H3. The largest absolute Gasteiger partial charge is 0.327 e. The molecule has 4 fully saturated rings. The van der Waals surface area contributed by atoms with Crippen molar-refractivity contribution in [1.29, 1.82) is 0 Å². The summed E-state index contributed by atoms with van der Waals surface area (Å²) in [6, 6.07) is 3.83. The molecular weight excluding hydrogens is 286 g/mol. The molecule has 2 atom stereocenters. The molecule has 5 aliphatic rings. The Morgan fingerprint density at radius 2 is 2.00 bits per heavy atom. The van der Waals surface area contributed by atoms with E-state index in [1.807, 2.05) is 18.3 Å². The fraction of sp³-hybridized carbons (Fsp3) is 0.684. The van der Waals surface area contributed by atoms with Crippen molar-refractivity contribution >= 4 is 5.91 Å². The summed E-state index contributed by atoms with van der Waals surface area (Å²) < 4.78 is 0. The lowest BCUT2D eigenvalue weighted by atomic mass is 9.58. The highest BCUT2D eigenvalue weighted by atomic mass is 16.2. The highest BCUT2D eigenvalue weighted by molar-refractivity contribution is 5.98. The van der Waals surface area contributed by atoms with Gasteiger partial charge in [-0.25, -0.2) is 0 Å². The lowest BCUT2D eigenvalue weighted by Crippen LogP contribution is -2.61. The van der Waals surface area contributed by atoms with Crippen LogP contribution in [-0.4, -0.2) is 33.9 Å². The molecule has 4 heteroatoms. The average molecular weight is 311 g/mol. The van der Waals surface area contributed by atoms with E-state index < -0.39 is 0 Å². The number of hydrogen-bond acceptors (Lipinski definition) is 3. The highest BCUT2D eigenvalue weighted by Gasteiger charge is 2.58. The van der Waals surface area contributed by atoms with Gasteiger partial charge >= 0.3 is 0 Å². The summed E-state index contributed by atoms with van der Waals surface area (Å²) in [6.45, 7) is 0.728. The molecule has 1 aliphatic heterocycles. The van der Waals surface area contributed by atoms with E-state index >= 15 is 0 Å². The fourth-order valence-corrected chi connectivity index (χ4v) is 6.18. The van der Waals surface area contributed by atoms with E-state index in [1.165, 1.54) is 44.9 Å². The van der Waals surface area contributed by atoms with Gasteiger partial charge in [-0.1, -0.05) is 0 Å². The predicted octanol–water partition coefficient (Wildman–Crippen LogP) is 2.74. The SMILES string of the molecule is CNC12CCC(C1)CC1(N3Cc4ncccc4C3=O)CC(C2)C1. The molecular formula is C19H25N3O. The third-order valence-corrected chi connectivity index (χ3v) is 7.17. The smallest absolute Gasteiger partial charge is 0.256 e. The second-order valence-corrected chi connectivity index (χ2v) is 8.43. The minimum absolute atomic E-state index is 0.122. The Morgan fingerprint density at radius 3 is 2.78 bits per heavy atom. The quantitative estimate of drug-likeness (QED) is 0.913. The van der Waals surface area contributed by atoms with Gasteiger partial charge in [0.25, 0.3) is 5.91 Å². The van der Waals surface area contributed by atoms with Crippen molar-refractivity contribution in [2.45, 2.75) is 62.6 Å². The van der Waals surface area contributed by atoms with Crippen molar-refractivity contribution < 1.29 is 4.79 Å². The van der Waals surface area contributed by atoms with Gasteiger partial charge in [-0.3, -0.25) is 9.78 Å². The molecule has 1 N–H and O–H groups in total. The molecule has 1 aromatic heterocycles. The van der Waals surface area contributed by atoms with E-state index in [4.69, 9.17) is 0 Å². The monoisotopic (exact) mass is 311 g/mol. The van der Waals surface area contributed by atoms with Crippen molar-refractivity contribution in [1.82, 2.24) is 15.2 Å². The molecule has 0 aromatic carbocycles. The van der Waals surface area contributed by atoms with Crippen molar-refractivity contribution in [3.8, 4) is 0 Å². The molecule has 2 heterocycles. The molecule has 0 spiro atoms. The van der Waals surface area contributed by atoms with Gasteiger partial charge in [0.05, 0.1) is 17.8 Å². The maximum atomic E-state index is 12.9. The molecule has 122 valence electrons. The van der Waals surface area contributed by atoms with Crippen LogP contribution in [0.15, 0.2) is 18.3 Å². The molecule has 1 aromatic rings. The van der Waals surface area contributed by atoms with Crippen LogP contribution in [0, 0.1) is 11.8 Å². The van der Waals surface area contributed by atoms with E-state index in [1.54, 1.807) is 0 Å². The molecule has 1 amide bonds. The predicted molar refractivity (Wildman–Crippen MR) is 87.9 cm³/mol. The molecule has 2 unspecified atom stereocenters. The Hall–Kier alpha value is -1.42. The zero-order valence-electron chi connectivity index (χ0n) is 13.8. The number of pyridine rings is 1. The number of rotatable bonds is 2. The first kappa shape index (κ1) is 14.0. The van der Waals surface area contributed by atoms with Crippen LogP contribution >= 0.6 is 0 Å². The molecule has 4 bridgehead atoms. The molecule has 4 aliphatic carbocycles. The first-order valence-corrected chi connectivity index (χ1v) is 9.08. The summed E-state index contributed by atoms with van der Waals surface area (Å²) >= 11 is 0. The summed E-state index contributed by atoms with van der Waals surface area (Å²) in [7, 11) is 2.14. The Labute approximate surface area is 137 Å². The number of amides is 1. The molecule has 6 rings (SSSR count). The van der Waals surface area contributed by atoms with E-state index in [2.05, 4.69) is 22.2 Å². The molecule has 23 heavy (non-hydrogen) atoms. The maximum Gasteiger partial charge on any atom is 0.256 e. The topological polar surface area (TPSA) is 45.2 Å². The average Bonchev–Trinajstić information content (AvgIpc) is 3.08. The minimum Gasteiger partial charge on any atom is -0.327 e. The van der Waals surface area contributed by atoms with Crippen LogP contribution in [0.1, 0.15) is 61.0 Å². The second kappa shape index (κ2) is 4.56. The van der Waals surface area contributed by atoms with Gasteiger partial charge in [-0.2, -0.15) is 0 Å². The summed E-state index contributed by atoms with van der Waals surface area (Å²) in [5.41, 5.74) is 2.33. The van der Waals surface area contributed by atoms with E-state index in [0.29, 0.717) is 5.54 Å². The number of nitrogens with zero attached hydrogens (tertiary/aromatic N) is 2. The lowest BCUT2D eigenvalue weighted by Gasteiger charge is -2.57. The van der Waals surface area contributed by atoms with E-state index in [9.17, 15) is 4.79 Å². The van der Waals surface area contributed by atoms with Crippen LogP contribution in [0.3, 0.4) is 0 Å². The van der Waals surface area contributed by atoms with Crippen molar-refractivity contribution in [2.75, 3.05) is 7.05 Å². The van der Waals surface area contributed by atoms with Crippen molar-refractivity contribution in [3.63, 3.8) is 0 Å². The van der Waals surface area contributed by atoms with Gasteiger partial charge in [0.1, 0.15) is 0 Å². The first-order chi connectivity index (χ1) is 11.1. The van der Waals surface area contributed by atoms with Gasteiger partial charge in [-0.15, -0.1) is 0 Å². The highest BCUT2D eigenvalue weighted by Crippen LogP contribution is 2.58. The van der Waals surface area contributed by atoms with Crippen LogP contribution in [0.5, 0.6) is 0 Å². The first-order valence-electron chi connectivity index (χ1n) is 9.08. The third-order valence-electron chi connectivity index (χ3n) is 7.17. The van der Waals surface area contributed by atoms with Crippen LogP contribution < -0.4 is 5.32 Å². The van der Waals surface area contributed by atoms with Gasteiger partial charge in [0.2, 0.25) is 0 Å². The molecule has 0 saturated heterocycles. The lowest BCUT2D eigenvalue weighted by molar-refractivity contribution is -0.0464. The van der Waals surface area contributed by atoms with E-state index in [-0.39, 0.29) is 11.4 Å². The van der Waals surface area contributed by atoms with Gasteiger partial charge in [0.15, 0.2) is 0 Å². The third kappa shape index (κ3) is 1.87. The zero-order valence-corrected chi connectivity index (χ0v) is 13.8. The van der Waals surface area contributed by atoms with Gasteiger partial charge < -0.3 is 10.2 Å². The number of carbonyl (C=O) groups is 1. The molecule has 4 nitrogen and oxygen atoms in total.